The third-order valence-electron chi connectivity index (χ3n) is 4.87. The van der Waals surface area contributed by atoms with E-state index in [1.165, 1.54) is 5.52 Å². The number of aryl methyl sites for hydroxylation is 1. The third-order valence-corrected chi connectivity index (χ3v) is 4.87. The Balaban J connectivity index is 1.33. The van der Waals surface area contributed by atoms with Crippen LogP contribution in [-0.2, 0) is 17.8 Å². The van der Waals surface area contributed by atoms with E-state index in [0.29, 0.717) is 12.3 Å². The van der Waals surface area contributed by atoms with Gasteiger partial charge in [0.15, 0.2) is 0 Å². The maximum absolute atomic E-state index is 12.3. The first kappa shape index (κ1) is 18.3. The summed E-state index contributed by atoms with van der Waals surface area (Å²) in [5.74, 6) is 1.57. The molecule has 2 heterocycles. The van der Waals surface area contributed by atoms with Crippen molar-refractivity contribution in [3.8, 4) is 0 Å². The Labute approximate surface area is 164 Å². The highest BCUT2D eigenvalue weighted by Gasteiger charge is 2.08. The number of fused-ring (bicyclic) bond motifs is 2. The Morgan fingerprint density at radius 3 is 2.86 bits per heavy atom. The molecule has 2 aromatic carbocycles. The number of aromatic amines is 1. The van der Waals surface area contributed by atoms with E-state index in [0.717, 1.165) is 47.3 Å². The summed E-state index contributed by atoms with van der Waals surface area (Å²) in [6.45, 7) is 5.43. The summed E-state index contributed by atoms with van der Waals surface area (Å²) in [6, 6.07) is 16.2. The fourth-order valence-corrected chi connectivity index (χ4v) is 3.59. The van der Waals surface area contributed by atoms with Gasteiger partial charge < -0.3 is 14.9 Å². The van der Waals surface area contributed by atoms with Gasteiger partial charge in [0.2, 0.25) is 5.91 Å². The van der Waals surface area contributed by atoms with Crippen molar-refractivity contribution in [2.75, 3.05) is 5.32 Å². The van der Waals surface area contributed by atoms with Gasteiger partial charge in [-0.2, -0.15) is 0 Å². The molecule has 0 saturated carbocycles. The normalized spacial score (nSPS) is 11.5. The van der Waals surface area contributed by atoms with Crippen molar-refractivity contribution in [1.82, 2.24) is 14.5 Å². The van der Waals surface area contributed by atoms with Gasteiger partial charge in [-0.3, -0.25) is 4.79 Å². The summed E-state index contributed by atoms with van der Waals surface area (Å²) in [7, 11) is 0. The van der Waals surface area contributed by atoms with E-state index >= 15 is 0 Å². The zero-order valence-electron chi connectivity index (χ0n) is 16.4. The summed E-state index contributed by atoms with van der Waals surface area (Å²) >= 11 is 0. The van der Waals surface area contributed by atoms with Gasteiger partial charge >= 0.3 is 0 Å². The molecule has 4 rings (SSSR count). The Morgan fingerprint density at radius 1 is 1.18 bits per heavy atom. The van der Waals surface area contributed by atoms with Gasteiger partial charge in [0.05, 0.1) is 11.0 Å². The number of para-hydroxylation sites is 2. The molecular formula is C23H26N4O. The SMILES string of the molecule is CC(C)Cn1ccc2cc(NC(=O)CCCc3nc4ccccc4[nH]3)ccc21. The van der Waals surface area contributed by atoms with Crippen molar-refractivity contribution in [3.05, 3.63) is 60.6 Å². The van der Waals surface area contributed by atoms with Gasteiger partial charge in [-0.1, -0.05) is 26.0 Å². The molecule has 1 amide bonds. The highest BCUT2D eigenvalue weighted by Crippen LogP contribution is 2.22. The molecule has 0 bridgehead atoms. The topological polar surface area (TPSA) is 62.7 Å². The number of amides is 1. The highest BCUT2D eigenvalue weighted by molar-refractivity contribution is 5.93. The largest absolute Gasteiger partial charge is 0.347 e. The molecule has 5 nitrogen and oxygen atoms in total. The van der Waals surface area contributed by atoms with Gasteiger partial charge in [-0.15, -0.1) is 0 Å². The van der Waals surface area contributed by atoms with Crippen molar-refractivity contribution in [1.29, 1.82) is 0 Å². The van der Waals surface area contributed by atoms with Crippen LogP contribution in [0.15, 0.2) is 54.7 Å². The van der Waals surface area contributed by atoms with Crippen molar-refractivity contribution in [2.24, 2.45) is 5.92 Å². The minimum atomic E-state index is 0.0390. The van der Waals surface area contributed by atoms with E-state index < -0.39 is 0 Å². The average molecular weight is 374 g/mol. The molecule has 0 aliphatic rings. The molecule has 28 heavy (non-hydrogen) atoms. The van der Waals surface area contributed by atoms with Crippen LogP contribution in [0.5, 0.6) is 0 Å². The summed E-state index contributed by atoms with van der Waals surface area (Å²) in [5.41, 5.74) is 4.07. The van der Waals surface area contributed by atoms with Crippen molar-refractivity contribution < 1.29 is 4.79 Å². The lowest BCUT2D eigenvalue weighted by Gasteiger charge is -2.09. The number of rotatable bonds is 7. The van der Waals surface area contributed by atoms with Crippen LogP contribution in [0.3, 0.4) is 0 Å². The summed E-state index contributed by atoms with van der Waals surface area (Å²) in [5, 5.41) is 4.17. The number of carbonyl (C=O) groups is 1. The molecule has 5 heteroatoms. The zero-order valence-corrected chi connectivity index (χ0v) is 16.4. The fourth-order valence-electron chi connectivity index (χ4n) is 3.59. The van der Waals surface area contributed by atoms with Gasteiger partial charge in [0.25, 0.3) is 0 Å². The number of hydrogen-bond acceptors (Lipinski definition) is 2. The fraction of sp³-hybridized carbons (Fsp3) is 0.304. The van der Waals surface area contributed by atoms with Gasteiger partial charge in [-0.05, 0) is 48.7 Å². The van der Waals surface area contributed by atoms with Crippen molar-refractivity contribution in [2.45, 2.75) is 39.7 Å². The van der Waals surface area contributed by atoms with E-state index in [4.69, 9.17) is 0 Å². The van der Waals surface area contributed by atoms with Crippen LogP contribution in [0.25, 0.3) is 21.9 Å². The van der Waals surface area contributed by atoms with E-state index in [9.17, 15) is 4.79 Å². The van der Waals surface area contributed by atoms with E-state index in [-0.39, 0.29) is 5.91 Å². The number of benzene rings is 2. The standard InChI is InChI=1S/C23H26N4O/c1-16(2)15-27-13-12-17-14-18(10-11-21(17)27)24-23(28)9-5-8-22-25-19-6-3-4-7-20(19)26-22/h3-4,6-7,10-14,16H,5,8-9,15H2,1-2H3,(H,24,28)(H,25,26). The Bertz CT molecular complexity index is 1070. The maximum Gasteiger partial charge on any atom is 0.224 e. The monoisotopic (exact) mass is 374 g/mol. The molecule has 144 valence electrons. The van der Waals surface area contributed by atoms with E-state index in [1.807, 2.05) is 36.4 Å². The minimum absolute atomic E-state index is 0.0390. The van der Waals surface area contributed by atoms with Crippen molar-refractivity contribution in [3.63, 3.8) is 0 Å². The summed E-state index contributed by atoms with van der Waals surface area (Å²) < 4.78 is 2.26. The number of hydrogen-bond donors (Lipinski definition) is 2. The quantitative estimate of drug-likeness (QED) is 0.471. The van der Waals surface area contributed by atoms with Crippen LogP contribution >= 0.6 is 0 Å². The van der Waals surface area contributed by atoms with Crippen LogP contribution in [0.2, 0.25) is 0 Å². The lowest BCUT2D eigenvalue weighted by molar-refractivity contribution is -0.116. The Morgan fingerprint density at radius 2 is 2.04 bits per heavy atom. The number of aromatic nitrogens is 3. The maximum atomic E-state index is 12.3. The molecule has 0 spiro atoms. The van der Waals surface area contributed by atoms with Crippen LogP contribution < -0.4 is 5.32 Å². The first-order valence-corrected chi connectivity index (χ1v) is 9.91. The molecule has 0 fully saturated rings. The molecule has 0 aliphatic heterocycles. The van der Waals surface area contributed by atoms with Crippen LogP contribution in [0.4, 0.5) is 5.69 Å². The van der Waals surface area contributed by atoms with E-state index in [1.54, 1.807) is 0 Å². The predicted octanol–water partition coefficient (Wildman–Crippen LogP) is 5.14. The molecule has 0 saturated heterocycles. The summed E-state index contributed by atoms with van der Waals surface area (Å²) in [6.07, 6.45) is 4.12. The highest BCUT2D eigenvalue weighted by atomic mass is 16.1. The first-order chi connectivity index (χ1) is 13.6. The lowest BCUT2D eigenvalue weighted by atomic mass is 10.2. The number of H-pyrrole nitrogens is 1. The lowest BCUT2D eigenvalue weighted by Crippen LogP contribution is -2.11. The number of nitrogens with zero attached hydrogens (tertiary/aromatic N) is 2. The second kappa shape index (κ2) is 7.89. The molecule has 0 unspecified atom stereocenters. The predicted molar refractivity (Wildman–Crippen MR) is 114 cm³/mol. The molecule has 0 aliphatic carbocycles. The second-order valence-electron chi connectivity index (χ2n) is 7.74. The molecule has 2 aromatic heterocycles. The molecule has 4 aromatic rings. The van der Waals surface area contributed by atoms with Crippen molar-refractivity contribution >= 4 is 33.5 Å². The Hall–Kier alpha value is -3.08. The van der Waals surface area contributed by atoms with E-state index in [2.05, 4.69) is 52.0 Å². The average Bonchev–Trinajstić information content (AvgIpc) is 3.24. The second-order valence-corrected chi connectivity index (χ2v) is 7.74. The first-order valence-electron chi connectivity index (χ1n) is 9.91. The molecule has 2 N–H and O–H groups in total. The minimum Gasteiger partial charge on any atom is -0.347 e. The van der Waals surface area contributed by atoms with Gasteiger partial charge in [-0.25, -0.2) is 4.98 Å². The van der Waals surface area contributed by atoms with Gasteiger partial charge in [0, 0.05) is 42.2 Å². The third kappa shape index (κ3) is 4.09. The van der Waals surface area contributed by atoms with Gasteiger partial charge in [0.1, 0.15) is 5.82 Å². The summed E-state index contributed by atoms with van der Waals surface area (Å²) in [4.78, 5) is 20.2. The Kier molecular flexibility index (Phi) is 5.15. The number of nitrogens with one attached hydrogen (secondary N) is 2. The number of anilines is 1. The zero-order chi connectivity index (χ0) is 19.5. The molecule has 0 radical (unpaired) electrons. The van der Waals surface area contributed by atoms with Crippen LogP contribution in [0, 0.1) is 5.92 Å². The van der Waals surface area contributed by atoms with Crippen LogP contribution in [0.1, 0.15) is 32.5 Å². The molecular weight excluding hydrogens is 348 g/mol. The number of imidazole rings is 1. The van der Waals surface area contributed by atoms with Crippen LogP contribution in [-0.4, -0.2) is 20.4 Å². The number of carbonyl (C=O) groups excluding carboxylic acids is 1. The molecule has 0 atom stereocenters. The smallest absolute Gasteiger partial charge is 0.224 e.